The Labute approximate surface area is 283 Å². The zero-order valence-corrected chi connectivity index (χ0v) is 27.5. The van der Waals surface area contributed by atoms with Crippen LogP contribution in [0.4, 0.5) is 0 Å². The van der Waals surface area contributed by atoms with Gasteiger partial charge in [0, 0.05) is 42.0 Å². The van der Waals surface area contributed by atoms with Crippen molar-refractivity contribution in [2.24, 2.45) is 0 Å². The van der Waals surface area contributed by atoms with Crippen LogP contribution in [-0.2, 0) is 15.3 Å². The highest BCUT2D eigenvalue weighted by Gasteiger charge is 2.41. The molecule has 48 heavy (non-hydrogen) atoms. The number of aliphatic hydroxyl groups is 1. The second-order valence-electron chi connectivity index (χ2n) is 11.4. The minimum Gasteiger partial charge on any atom is -0.382 e. The molecule has 0 saturated heterocycles. The fourth-order valence-corrected chi connectivity index (χ4v) is 5.64. The summed E-state index contributed by atoms with van der Waals surface area (Å²) < 4.78 is 10.8. The van der Waals surface area contributed by atoms with Crippen molar-refractivity contribution in [3.63, 3.8) is 0 Å². The zero-order valence-electron chi connectivity index (χ0n) is 27.5. The van der Waals surface area contributed by atoms with Crippen LogP contribution in [0.3, 0.4) is 0 Å². The Kier molecular flexibility index (Phi) is 13.3. The molecule has 1 aliphatic carbocycles. The SMILES string of the molecule is COC(OC)(C(=O)c1ccccc1)c1ccccc1.O=C(c1ccccc1)C1(O)CCCCC1.O=C(c1ccccc1)c1ccccc1. The average Bonchev–Trinajstić information content (AvgIpc) is 3.17. The van der Waals surface area contributed by atoms with Crippen LogP contribution in [0.15, 0.2) is 152 Å². The monoisotopic (exact) mass is 642 g/mol. The summed E-state index contributed by atoms with van der Waals surface area (Å²) in [5.41, 5.74) is 2.22. The molecule has 0 aromatic heterocycles. The molecule has 5 aromatic carbocycles. The second kappa shape index (κ2) is 17.8. The number of benzene rings is 5. The summed E-state index contributed by atoms with van der Waals surface area (Å²) in [5.74, 6) is -1.65. The summed E-state index contributed by atoms with van der Waals surface area (Å²) in [6, 6.07) is 45.9. The molecule has 1 fully saturated rings. The third-order valence-corrected chi connectivity index (χ3v) is 8.27. The number of rotatable bonds is 9. The van der Waals surface area contributed by atoms with Crippen molar-refractivity contribution in [1.29, 1.82) is 0 Å². The Hall–Kier alpha value is -5.01. The van der Waals surface area contributed by atoms with Gasteiger partial charge >= 0.3 is 0 Å². The molecule has 0 amide bonds. The van der Waals surface area contributed by atoms with E-state index in [4.69, 9.17) is 9.47 Å². The maximum absolute atomic E-state index is 12.7. The Morgan fingerprint density at radius 2 is 0.875 bits per heavy atom. The number of carbonyl (C=O) groups excluding carboxylic acids is 3. The molecule has 0 heterocycles. The maximum atomic E-state index is 12.7. The number of hydrogen-bond acceptors (Lipinski definition) is 6. The normalized spacial score (nSPS) is 13.5. The summed E-state index contributed by atoms with van der Waals surface area (Å²) in [6.45, 7) is 0. The lowest BCUT2D eigenvalue weighted by Crippen LogP contribution is -2.40. The van der Waals surface area contributed by atoms with E-state index in [-0.39, 0.29) is 17.3 Å². The first-order valence-electron chi connectivity index (χ1n) is 16.1. The number of ketones is 3. The molecule has 0 aliphatic heterocycles. The molecule has 6 nitrogen and oxygen atoms in total. The minimum atomic E-state index is -1.40. The van der Waals surface area contributed by atoms with E-state index in [1.54, 1.807) is 24.3 Å². The summed E-state index contributed by atoms with van der Waals surface area (Å²) in [7, 11) is 2.94. The van der Waals surface area contributed by atoms with Gasteiger partial charge in [0.05, 0.1) is 0 Å². The molecule has 6 rings (SSSR count). The molecular formula is C42H42O6. The smallest absolute Gasteiger partial charge is 0.260 e. The molecule has 0 unspecified atom stereocenters. The Morgan fingerprint density at radius 1 is 0.521 bits per heavy atom. The van der Waals surface area contributed by atoms with Crippen molar-refractivity contribution in [2.75, 3.05) is 14.2 Å². The van der Waals surface area contributed by atoms with Gasteiger partial charge in [-0.3, -0.25) is 14.4 Å². The van der Waals surface area contributed by atoms with E-state index >= 15 is 0 Å². The van der Waals surface area contributed by atoms with Crippen LogP contribution in [0.25, 0.3) is 0 Å². The molecule has 5 aromatic rings. The van der Waals surface area contributed by atoms with Gasteiger partial charge in [-0.25, -0.2) is 0 Å². The van der Waals surface area contributed by atoms with Gasteiger partial charge in [-0.1, -0.05) is 171 Å². The van der Waals surface area contributed by atoms with E-state index in [1.807, 2.05) is 127 Å². The number of methoxy groups -OCH3 is 2. The van der Waals surface area contributed by atoms with Gasteiger partial charge in [-0.15, -0.1) is 0 Å². The van der Waals surface area contributed by atoms with Crippen LogP contribution < -0.4 is 0 Å². The third-order valence-electron chi connectivity index (χ3n) is 8.27. The van der Waals surface area contributed by atoms with E-state index in [9.17, 15) is 19.5 Å². The third kappa shape index (κ3) is 9.07. The number of ether oxygens (including phenoxy) is 2. The fraction of sp³-hybridized carbons (Fsp3) is 0.214. The van der Waals surface area contributed by atoms with Gasteiger partial charge in [-0.2, -0.15) is 0 Å². The largest absolute Gasteiger partial charge is 0.382 e. The molecule has 0 bridgehead atoms. The minimum absolute atomic E-state index is 0.0752. The summed E-state index contributed by atoms with van der Waals surface area (Å²) in [4.78, 5) is 36.6. The van der Waals surface area contributed by atoms with E-state index in [0.717, 1.165) is 30.4 Å². The molecule has 0 atom stereocenters. The maximum Gasteiger partial charge on any atom is 0.260 e. The van der Waals surface area contributed by atoms with Crippen molar-refractivity contribution >= 4 is 17.3 Å². The molecule has 1 aliphatic rings. The predicted molar refractivity (Wildman–Crippen MR) is 188 cm³/mol. The fourth-order valence-electron chi connectivity index (χ4n) is 5.64. The first kappa shape index (κ1) is 35.8. The van der Waals surface area contributed by atoms with E-state index in [1.165, 1.54) is 14.2 Å². The Balaban J connectivity index is 0.000000165. The van der Waals surface area contributed by atoms with Crippen LogP contribution in [0.5, 0.6) is 0 Å². The molecule has 1 N–H and O–H groups in total. The van der Waals surface area contributed by atoms with E-state index in [0.29, 0.717) is 29.5 Å². The number of hydrogen-bond donors (Lipinski definition) is 1. The van der Waals surface area contributed by atoms with Gasteiger partial charge < -0.3 is 14.6 Å². The highest BCUT2D eigenvalue weighted by Crippen LogP contribution is 2.31. The van der Waals surface area contributed by atoms with Gasteiger partial charge in [0.25, 0.3) is 5.79 Å². The van der Waals surface area contributed by atoms with Crippen molar-refractivity contribution in [1.82, 2.24) is 0 Å². The summed E-state index contributed by atoms with van der Waals surface area (Å²) in [5, 5.41) is 10.2. The Morgan fingerprint density at radius 3 is 1.27 bits per heavy atom. The Bertz CT molecular complexity index is 1650. The van der Waals surface area contributed by atoms with Crippen molar-refractivity contribution in [3.05, 3.63) is 179 Å². The van der Waals surface area contributed by atoms with Crippen molar-refractivity contribution in [2.45, 2.75) is 43.5 Å². The predicted octanol–water partition coefficient (Wildman–Crippen LogP) is 8.50. The van der Waals surface area contributed by atoms with Crippen LogP contribution in [-0.4, -0.2) is 42.3 Å². The quantitative estimate of drug-likeness (QED) is 0.128. The van der Waals surface area contributed by atoms with Crippen molar-refractivity contribution < 1.29 is 29.0 Å². The topological polar surface area (TPSA) is 89.9 Å². The molecular weight excluding hydrogens is 600 g/mol. The average molecular weight is 643 g/mol. The first-order valence-corrected chi connectivity index (χ1v) is 16.1. The lowest BCUT2D eigenvalue weighted by atomic mass is 9.79. The highest BCUT2D eigenvalue weighted by molar-refractivity contribution is 6.08. The van der Waals surface area contributed by atoms with Crippen LogP contribution in [0.1, 0.15) is 74.3 Å². The van der Waals surface area contributed by atoms with Gasteiger partial charge in [0.1, 0.15) is 5.60 Å². The van der Waals surface area contributed by atoms with Crippen LogP contribution in [0.2, 0.25) is 0 Å². The zero-order chi connectivity index (χ0) is 34.2. The lowest BCUT2D eigenvalue weighted by molar-refractivity contribution is -0.176. The van der Waals surface area contributed by atoms with Crippen LogP contribution >= 0.6 is 0 Å². The first-order chi connectivity index (χ1) is 23.3. The molecule has 6 heteroatoms. The molecule has 0 spiro atoms. The van der Waals surface area contributed by atoms with Gasteiger partial charge in [0.2, 0.25) is 5.78 Å². The van der Waals surface area contributed by atoms with E-state index < -0.39 is 11.4 Å². The summed E-state index contributed by atoms with van der Waals surface area (Å²) in [6.07, 6.45) is 4.26. The lowest BCUT2D eigenvalue weighted by Gasteiger charge is -2.30. The summed E-state index contributed by atoms with van der Waals surface area (Å²) >= 11 is 0. The highest BCUT2D eigenvalue weighted by atomic mass is 16.7. The second-order valence-corrected chi connectivity index (χ2v) is 11.4. The number of Topliss-reactive ketones (excluding diaryl/α,β-unsaturated/α-hetero) is 2. The molecule has 1 saturated carbocycles. The van der Waals surface area contributed by atoms with Gasteiger partial charge in [-0.05, 0) is 12.8 Å². The number of carbonyl (C=O) groups is 3. The molecule has 246 valence electrons. The molecule has 0 radical (unpaired) electrons. The standard InChI is InChI=1S/C16H16O3.C13H16O2.C13H10O/c1-18-16(19-2,14-11-7-4-8-12-14)15(17)13-9-5-3-6-10-13;14-12(11-7-3-1-4-8-11)13(15)9-5-2-6-10-13;14-13(11-7-3-1-4-8-11)12-9-5-2-6-10-12/h3-12H,1-2H3;1,3-4,7-8,15H,2,5-6,9-10H2;1-10H. The van der Waals surface area contributed by atoms with E-state index in [2.05, 4.69) is 0 Å². The van der Waals surface area contributed by atoms with Crippen LogP contribution in [0, 0.1) is 0 Å². The van der Waals surface area contributed by atoms with Crippen molar-refractivity contribution in [3.8, 4) is 0 Å². The van der Waals surface area contributed by atoms with Gasteiger partial charge in [0.15, 0.2) is 11.6 Å².